The summed E-state index contributed by atoms with van der Waals surface area (Å²) < 4.78 is 5.55. The quantitative estimate of drug-likeness (QED) is 0.500. The molecule has 0 bridgehead atoms. The van der Waals surface area contributed by atoms with Crippen LogP contribution in [0.15, 0.2) is 53.6 Å². The fourth-order valence-corrected chi connectivity index (χ4v) is 1.56. The molecule has 0 heterocycles. The molecular formula is C14H12N4O4. The van der Waals surface area contributed by atoms with E-state index in [1.54, 1.807) is 24.3 Å². The Morgan fingerprint density at radius 2 is 1.68 bits per heavy atom. The molecule has 8 nitrogen and oxygen atoms in total. The highest BCUT2D eigenvalue weighted by atomic mass is 16.6. The maximum Gasteiger partial charge on any atom is 0.332 e. The summed E-state index contributed by atoms with van der Waals surface area (Å²) in [4.78, 5) is 20.5. The molecule has 0 saturated heterocycles. The molecule has 0 aliphatic heterocycles. The van der Waals surface area contributed by atoms with Gasteiger partial charge in [-0.1, -0.05) is 0 Å². The topological polar surface area (TPSA) is 120 Å². The minimum Gasteiger partial charge on any atom is -0.457 e. The van der Waals surface area contributed by atoms with Gasteiger partial charge in [0.15, 0.2) is 0 Å². The van der Waals surface area contributed by atoms with Crippen molar-refractivity contribution in [2.24, 2.45) is 10.8 Å². The van der Waals surface area contributed by atoms with E-state index in [1.807, 2.05) is 0 Å². The van der Waals surface area contributed by atoms with Crippen molar-refractivity contribution in [2.75, 3.05) is 0 Å². The van der Waals surface area contributed by atoms with Crippen LogP contribution in [0.4, 0.5) is 10.5 Å². The summed E-state index contributed by atoms with van der Waals surface area (Å²) in [6, 6.07) is 11.9. The van der Waals surface area contributed by atoms with Gasteiger partial charge in [-0.25, -0.2) is 10.2 Å². The second kappa shape index (κ2) is 6.84. The molecule has 2 rings (SSSR count). The van der Waals surface area contributed by atoms with Gasteiger partial charge in [0, 0.05) is 12.1 Å². The molecule has 8 heteroatoms. The average Bonchev–Trinajstić information content (AvgIpc) is 2.49. The molecule has 3 N–H and O–H groups in total. The molecule has 0 atom stereocenters. The predicted molar refractivity (Wildman–Crippen MR) is 79.9 cm³/mol. The lowest BCUT2D eigenvalue weighted by Crippen LogP contribution is -2.24. The lowest BCUT2D eigenvalue weighted by atomic mass is 10.2. The Morgan fingerprint density at radius 1 is 1.14 bits per heavy atom. The van der Waals surface area contributed by atoms with Gasteiger partial charge in [-0.05, 0) is 42.0 Å². The summed E-state index contributed by atoms with van der Waals surface area (Å²) in [6.07, 6.45) is 1.43. The minimum absolute atomic E-state index is 0.000797. The SMILES string of the molecule is NC(=O)N/N=C/c1ccc(Oc2ccc([N+](=O)[O-])cc2)cc1. The molecular weight excluding hydrogens is 288 g/mol. The maximum atomic E-state index is 10.6. The van der Waals surface area contributed by atoms with Crippen molar-refractivity contribution >= 4 is 17.9 Å². The fourth-order valence-electron chi connectivity index (χ4n) is 1.56. The lowest BCUT2D eigenvalue weighted by molar-refractivity contribution is -0.384. The number of ether oxygens (including phenoxy) is 1. The van der Waals surface area contributed by atoms with Crippen LogP contribution in [0.1, 0.15) is 5.56 Å². The Labute approximate surface area is 125 Å². The van der Waals surface area contributed by atoms with Gasteiger partial charge in [-0.3, -0.25) is 10.1 Å². The Bertz CT molecular complexity index is 696. The second-order valence-electron chi connectivity index (χ2n) is 4.16. The Kier molecular flexibility index (Phi) is 4.66. The van der Waals surface area contributed by atoms with Gasteiger partial charge in [-0.15, -0.1) is 0 Å². The number of nitro benzene ring substituents is 1. The van der Waals surface area contributed by atoms with Crippen LogP contribution in [-0.4, -0.2) is 17.2 Å². The molecule has 2 aromatic rings. The number of carbonyl (C=O) groups excluding carboxylic acids is 1. The van der Waals surface area contributed by atoms with Crippen molar-refractivity contribution < 1.29 is 14.5 Å². The minimum atomic E-state index is -0.741. The molecule has 0 unspecified atom stereocenters. The van der Waals surface area contributed by atoms with Gasteiger partial charge in [0.05, 0.1) is 11.1 Å². The Morgan fingerprint density at radius 3 is 2.18 bits per heavy atom. The number of benzene rings is 2. The number of hydrogen-bond donors (Lipinski definition) is 2. The van der Waals surface area contributed by atoms with E-state index in [4.69, 9.17) is 10.5 Å². The lowest BCUT2D eigenvalue weighted by Gasteiger charge is -2.05. The summed E-state index contributed by atoms with van der Waals surface area (Å²) >= 11 is 0. The summed E-state index contributed by atoms with van der Waals surface area (Å²) in [5.74, 6) is 1.05. The zero-order valence-corrected chi connectivity index (χ0v) is 11.3. The third kappa shape index (κ3) is 4.30. The molecule has 2 aromatic carbocycles. The van der Waals surface area contributed by atoms with E-state index in [0.29, 0.717) is 11.5 Å². The summed E-state index contributed by atoms with van der Waals surface area (Å²) in [5, 5.41) is 14.2. The number of rotatable bonds is 5. The van der Waals surface area contributed by atoms with Crippen LogP contribution < -0.4 is 15.9 Å². The number of hydrogen-bond acceptors (Lipinski definition) is 5. The maximum absolute atomic E-state index is 10.6. The molecule has 0 radical (unpaired) electrons. The fraction of sp³-hybridized carbons (Fsp3) is 0. The monoisotopic (exact) mass is 300 g/mol. The highest BCUT2D eigenvalue weighted by molar-refractivity contribution is 5.81. The molecule has 2 amide bonds. The van der Waals surface area contributed by atoms with E-state index in [1.165, 1.54) is 30.5 Å². The van der Waals surface area contributed by atoms with Crippen molar-refractivity contribution in [1.29, 1.82) is 0 Å². The number of nitrogens with one attached hydrogen (secondary N) is 1. The second-order valence-corrected chi connectivity index (χ2v) is 4.16. The number of nitrogens with two attached hydrogens (primary N) is 1. The van der Waals surface area contributed by atoms with Gasteiger partial charge < -0.3 is 10.5 Å². The average molecular weight is 300 g/mol. The van der Waals surface area contributed by atoms with Gasteiger partial charge in [0.1, 0.15) is 11.5 Å². The van der Waals surface area contributed by atoms with Crippen LogP contribution in [-0.2, 0) is 0 Å². The molecule has 0 aliphatic carbocycles. The van der Waals surface area contributed by atoms with Crippen LogP contribution in [0.5, 0.6) is 11.5 Å². The van der Waals surface area contributed by atoms with Crippen LogP contribution in [0.2, 0.25) is 0 Å². The van der Waals surface area contributed by atoms with Crippen molar-refractivity contribution in [1.82, 2.24) is 5.43 Å². The Hall–Kier alpha value is -3.42. The van der Waals surface area contributed by atoms with Gasteiger partial charge in [0.2, 0.25) is 0 Å². The largest absolute Gasteiger partial charge is 0.457 e. The summed E-state index contributed by atoms with van der Waals surface area (Å²) in [6.45, 7) is 0. The van der Waals surface area contributed by atoms with Crippen molar-refractivity contribution in [2.45, 2.75) is 0 Å². The molecule has 112 valence electrons. The van der Waals surface area contributed by atoms with Crippen molar-refractivity contribution in [3.63, 3.8) is 0 Å². The van der Waals surface area contributed by atoms with Gasteiger partial charge >= 0.3 is 6.03 Å². The van der Waals surface area contributed by atoms with E-state index in [9.17, 15) is 14.9 Å². The number of non-ortho nitro benzene ring substituents is 1. The highest BCUT2D eigenvalue weighted by Gasteiger charge is 2.04. The number of primary amides is 1. The molecule has 0 spiro atoms. The first kappa shape index (κ1) is 15.0. The summed E-state index contributed by atoms with van der Waals surface area (Å²) in [5.41, 5.74) is 7.70. The first-order valence-electron chi connectivity index (χ1n) is 6.15. The number of nitro groups is 1. The van der Waals surface area contributed by atoms with E-state index in [2.05, 4.69) is 10.5 Å². The highest BCUT2D eigenvalue weighted by Crippen LogP contribution is 2.23. The van der Waals surface area contributed by atoms with Crippen LogP contribution >= 0.6 is 0 Å². The molecule has 0 saturated carbocycles. The van der Waals surface area contributed by atoms with Crippen LogP contribution in [0.3, 0.4) is 0 Å². The predicted octanol–water partition coefficient (Wildman–Crippen LogP) is 2.39. The van der Waals surface area contributed by atoms with Gasteiger partial charge in [-0.2, -0.15) is 5.10 Å². The Balaban J connectivity index is 2.00. The van der Waals surface area contributed by atoms with Crippen LogP contribution in [0, 0.1) is 10.1 Å². The number of hydrazone groups is 1. The molecule has 0 aliphatic rings. The third-order valence-electron chi connectivity index (χ3n) is 2.55. The van der Waals surface area contributed by atoms with Crippen LogP contribution in [0.25, 0.3) is 0 Å². The normalized spacial score (nSPS) is 10.4. The molecule has 0 fully saturated rings. The molecule has 0 aromatic heterocycles. The van der Waals surface area contributed by atoms with Crippen molar-refractivity contribution in [3.05, 3.63) is 64.2 Å². The smallest absolute Gasteiger partial charge is 0.332 e. The third-order valence-corrected chi connectivity index (χ3v) is 2.55. The zero-order chi connectivity index (χ0) is 15.9. The number of carbonyl (C=O) groups is 1. The van der Waals surface area contributed by atoms with E-state index >= 15 is 0 Å². The first-order chi connectivity index (χ1) is 10.5. The van der Waals surface area contributed by atoms with Crippen molar-refractivity contribution in [3.8, 4) is 11.5 Å². The molecule has 22 heavy (non-hydrogen) atoms. The zero-order valence-electron chi connectivity index (χ0n) is 11.3. The van der Waals surface area contributed by atoms with E-state index in [0.717, 1.165) is 5.56 Å². The first-order valence-corrected chi connectivity index (χ1v) is 6.15. The number of amides is 2. The standard InChI is InChI=1S/C14H12N4O4/c15-14(19)17-16-9-10-1-5-12(6-2-10)22-13-7-3-11(4-8-13)18(20)21/h1-9H,(H3,15,17,19)/b16-9+. The number of nitrogens with zero attached hydrogens (tertiary/aromatic N) is 2. The number of urea groups is 1. The van der Waals surface area contributed by atoms with Gasteiger partial charge in [0.25, 0.3) is 5.69 Å². The van der Waals surface area contributed by atoms with E-state index in [-0.39, 0.29) is 5.69 Å². The van der Waals surface area contributed by atoms with E-state index < -0.39 is 11.0 Å². The summed E-state index contributed by atoms with van der Waals surface area (Å²) in [7, 11) is 0.